The van der Waals surface area contributed by atoms with Gasteiger partial charge in [0.15, 0.2) is 0 Å². The van der Waals surface area contributed by atoms with Gasteiger partial charge in [0.2, 0.25) is 15.2 Å². The minimum absolute atomic E-state index is 0.0549. The predicted octanol–water partition coefficient (Wildman–Crippen LogP) is 5.61. The van der Waals surface area contributed by atoms with Crippen molar-refractivity contribution in [2.45, 2.75) is 31.6 Å². The highest BCUT2D eigenvalue weighted by molar-refractivity contribution is 7.89. The third-order valence-corrected chi connectivity index (χ3v) is 9.72. The first kappa shape index (κ1) is 27.6. The van der Waals surface area contributed by atoms with Gasteiger partial charge in [-0.05, 0) is 85.3 Å². The summed E-state index contributed by atoms with van der Waals surface area (Å²) >= 11 is 1.30. The second-order valence-electron chi connectivity index (χ2n) is 9.79. The fourth-order valence-corrected chi connectivity index (χ4v) is 6.86. The third kappa shape index (κ3) is 5.79. The molecule has 3 aromatic carbocycles. The number of thiazole rings is 1. The Balaban J connectivity index is 1.45. The number of hydrazone groups is 1. The molecule has 2 heterocycles. The van der Waals surface area contributed by atoms with Gasteiger partial charge in [0.05, 0.1) is 26.3 Å². The van der Waals surface area contributed by atoms with Gasteiger partial charge in [-0.3, -0.25) is 14.9 Å². The van der Waals surface area contributed by atoms with E-state index in [9.17, 15) is 23.3 Å². The Morgan fingerprint density at radius 1 is 1.10 bits per heavy atom. The number of carbonyl (C=O) groups is 1. The molecule has 0 N–H and O–H groups in total. The quantitative estimate of drug-likeness (QED) is 0.160. The van der Waals surface area contributed by atoms with Crippen LogP contribution in [-0.2, 0) is 10.0 Å². The molecule has 1 aliphatic rings. The summed E-state index contributed by atoms with van der Waals surface area (Å²) in [4.78, 5) is 28.9. The number of aryl methyl sites for hydroxylation is 1. The monoisotopic (exact) mass is 577 g/mol. The Labute approximate surface area is 235 Å². The number of aromatic nitrogens is 1. The lowest BCUT2D eigenvalue weighted by atomic mass is 10.0. The summed E-state index contributed by atoms with van der Waals surface area (Å²) in [5, 5.41) is 16.9. The van der Waals surface area contributed by atoms with Crippen LogP contribution in [0, 0.1) is 23.0 Å². The molecule has 0 atom stereocenters. The molecule has 0 unspecified atom stereocenters. The van der Waals surface area contributed by atoms with Gasteiger partial charge < -0.3 is 0 Å². The fourth-order valence-electron chi connectivity index (χ4n) is 4.37. The zero-order valence-corrected chi connectivity index (χ0v) is 23.6. The summed E-state index contributed by atoms with van der Waals surface area (Å²) in [6.45, 7) is 5.04. The smallest absolute Gasteiger partial charge is 0.267 e. The van der Waals surface area contributed by atoms with Crippen LogP contribution in [0.25, 0.3) is 10.2 Å². The summed E-state index contributed by atoms with van der Waals surface area (Å²) in [5.41, 5.74) is 2.50. The Morgan fingerprint density at radius 2 is 1.77 bits per heavy atom. The van der Waals surface area contributed by atoms with Crippen molar-refractivity contribution in [2.24, 2.45) is 11.0 Å². The van der Waals surface area contributed by atoms with Gasteiger partial charge in [0.25, 0.3) is 11.6 Å². The highest BCUT2D eigenvalue weighted by atomic mass is 32.2. The molecular formula is C28H27N5O5S2. The van der Waals surface area contributed by atoms with Crippen molar-refractivity contribution in [2.75, 3.05) is 18.1 Å². The lowest BCUT2D eigenvalue weighted by Gasteiger charge is -2.29. The van der Waals surface area contributed by atoms with E-state index in [1.807, 2.05) is 25.1 Å². The van der Waals surface area contributed by atoms with Gasteiger partial charge in [-0.25, -0.2) is 13.4 Å². The van der Waals surface area contributed by atoms with Gasteiger partial charge in [-0.2, -0.15) is 14.4 Å². The first-order valence-electron chi connectivity index (χ1n) is 12.7. The Bertz CT molecular complexity index is 1690. The van der Waals surface area contributed by atoms with E-state index in [1.54, 1.807) is 0 Å². The van der Waals surface area contributed by atoms with Crippen LogP contribution in [0.15, 0.2) is 76.7 Å². The molecule has 1 saturated heterocycles. The minimum Gasteiger partial charge on any atom is -0.267 e. The van der Waals surface area contributed by atoms with Crippen molar-refractivity contribution < 1.29 is 18.1 Å². The highest BCUT2D eigenvalue weighted by Gasteiger charge is 2.29. The van der Waals surface area contributed by atoms with Crippen LogP contribution < -0.4 is 5.01 Å². The molecule has 1 fully saturated rings. The van der Waals surface area contributed by atoms with E-state index >= 15 is 0 Å². The lowest BCUT2D eigenvalue weighted by Crippen LogP contribution is -2.37. The molecule has 0 bridgehead atoms. The van der Waals surface area contributed by atoms with Gasteiger partial charge in [0.1, 0.15) is 0 Å². The molecule has 1 aromatic heterocycles. The van der Waals surface area contributed by atoms with E-state index in [0.29, 0.717) is 35.2 Å². The third-order valence-electron chi connectivity index (χ3n) is 6.81. The van der Waals surface area contributed by atoms with E-state index in [0.717, 1.165) is 28.1 Å². The van der Waals surface area contributed by atoms with E-state index in [4.69, 9.17) is 0 Å². The van der Waals surface area contributed by atoms with Gasteiger partial charge >= 0.3 is 0 Å². The van der Waals surface area contributed by atoms with Crippen LogP contribution in [0.5, 0.6) is 0 Å². The molecular weight excluding hydrogens is 550 g/mol. The van der Waals surface area contributed by atoms with E-state index in [2.05, 4.69) is 17.0 Å². The zero-order chi connectivity index (χ0) is 28.4. The van der Waals surface area contributed by atoms with Crippen molar-refractivity contribution in [1.29, 1.82) is 0 Å². The van der Waals surface area contributed by atoms with Crippen LogP contribution in [-0.4, -0.2) is 47.8 Å². The summed E-state index contributed by atoms with van der Waals surface area (Å²) in [6, 6.07) is 17.4. The molecule has 4 aromatic rings. The predicted molar refractivity (Wildman–Crippen MR) is 155 cm³/mol. The largest absolute Gasteiger partial charge is 0.280 e. The van der Waals surface area contributed by atoms with Crippen LogP contribution >= 0.6 is 11.3 Å². The Morgan fingerprint density at radius 3 is 2.42 bits per heavy atom. The number of hydrogen-bond donors (Lipinski definition) is 0. The maximum absolute atomic E-state index is 13.7. The van der Waals surface area contributed by atoms with E-state index < -0.39 is 20.9 Å². The van der Waals surface area contributed by atoms with E-state index in [1.165, 1.54) is 70.4 Å². The van der Waals surface area contributed by atoms with Crippen LogP contribution in [0.1, 0.15) is 41.3 Å². The van der Waals surface area contributed by atoms with Crippen molar-refractivity contribution >= 4 is 54.5 Å². The van der Waals surface area contributed by atoms with E-state index in [-0.39, 0.29) is 16.1 Å². The number of rotatable bonds is 7. The second-order valence-corrected chi connectivity index (χ2v) is 12.7. The van der Waals surface area contributed by atoms with Crippen LogP contribution in [0.3, 0.4) is 0 Å². The average molecular weight is 578 g/mol. The highest BCUT2D eigenvalue weighted by Crippen LogP contribution is 2.31. The summed E-state index contributed by atoms with van der Waals surface area (Å²) in [5.74, 6) is 0.0000911. The summed E-state index contributed by atoms with van der Waals surface area (Å²) < 4.78 is 28.7. The maximum Gasteiger partial charge on any atom is 0.280 e. The lowest BCUT2D eigenvalue weighted by molar-refractivity contribution is -0.384. The molecule has 0 spiro atoms. The molecule has 40 heavy (non-hydrogen) atoms. The zero-order valence-electron chi connectivity index (χ0n) is 21.9. The number of nitrogens with zero attached hydrogens (tertiary/aromatic N) is 5. The first-order chi connectivity index (χ1) is 19.1. The molecule has 206 valence electrons. The topological polar surface area (TPSA) is 126 Å². The molecule has 1 amide bonds. The number of benzene rings is 3. The maximum atomic E-state index is 13.7. The number of nitro benzene ring substituents is 1. The van der Waals surface area contributed by atoms with Crippen molar-refractivity contribution in [3.63, 3.8) is 0 Å². The molecule has 1 aliphatic heterocycles. The van der Waals surface area contributed by atoms with Gasteiger partial charge in [0, 0.05) is 30.8 Å². The standard InChI is InChI=1S/C28H27N5O5S2/c1-19-13-15-31(16-14-19)40(37,38)24-10-6-22(7-11-24)27(34)32(28-30-25-12-3-20(2)17-26(25)39-28)29-18-21-4-8-23(9-5-21)33(35)36/h3-12,17-19H,13-16H2,1-2H3/b29-18+. The number of anilines is 1. The number of carbonyl (C=O) groups excluding carboxylic acids is 1. The molecule has 12 heteroatoms. The number of piperidine rings is 1. The molecule has 10 nitrogen and oxygen atoms in total. The molecule has 0 aliphatic carbocycles. The Kier molecular flexibility index (Phi) is 7.74. The SMILES string of the molecule is Cc1ccc2nc(N(/N=C/c3ccc([N+](=O)[O-])cc3)C(=O)c3ccc(S(=O)(=O)N4CCC(C)CC4)cc3)sc2c1. The van der Waals surface area contributed by atoms with Crippen molar-refractivity contribution in [1.82, 2.24) is 9.29 Å². The normalized spacial score (nSPS) is 15.1. The molecule has 0 saturated carbocycles. The van der Waals surface area contributed by atoms with Gasteiger partial charge in [-0.15, -0.1) is 0 Å². The molecule has 5 rings (SSSR count). The summed E-state index contributed by atoms with van der Waals surface area (Å²) in [6.07, 6.45) is 3.06. The first-order valence-corrected chi connectivity index (χ1v) is 15.0. The Hall–Kier alpha value is -4.00. The second kappa shape index (κ2) is 11.2. The number of hydrogen-bond acceptors (Lipinski definition) is 8. The van der Waals surface area contributed by atoms with Crippen molar-refractivity contribution in [3.05, 3.63) is 93.5 Å². The van der Waals surface area contributed by atoms with Crippen LogP contribution in [0.2, 0.25) is 0 Å². The fraction of sp³-hybridized carbons (Fsp3) is 0.250. The number of nitro groups is 1. The molecule has 0 radical (unpaired) electrons. The average Bonchev–Trinajstić information content (AvgIpc) is 3.36. The number of amides is 1. The number of fused-ring (bicyclic) bond motifs is 1. The van der Waals surface area contributed by atoms with Gasteiger partial charge in [-0.1, -0.05) is 24.3 Å². The van der Waals surface area contributed by atoms with Crippen molar-refractivity contribution in [3.8, 4) is 0 Å². The summed E-state index contributed by atoms with van der Waals surface area (Å²) in [7, 11) is -3.66. The van der Waals surface area contributed by atoms with Crippen LogP contribution in [0.4, 0.5) is 10.8 Å². The minimum atomic E-state index is -3.66. The number of non-ortho nitro benzene ring substituents is 1. The number of sulfonamides is 1.